The molecule has 0 spiro atoms. The van der Waals surface area contributed by atoms with Crippen LogP contribution in [0.4, 0.5) is 5.69 Å². The monoisotopic (exact) mass is 362 g/mol. The third kappa shape index (κ3) is 3.23. The molecular formula is C22H19ClN2O. The zero-order valence-corrected chi connectivity index (χ0v) is 15.3. The third-order valence-corrected chi connectivity index (χ3v) is 5.14. The van der Waals surface area contributed by atoms with E-state index in [0.717, 1.165) is 35.2 Å². The van der Waals surface area contributed by atoms with E-state index in [4.69, 9.17) is 11.6 Å². The molecule has 3 aromatic rings. The zero-order valence-electron chi connectivity index (χ0n) is 14.6. The van der Waals surface area contributed by atoms with Crippen molar-refractivity contribution < 1.29 is 4.79 Å². The lowest BCUT2D eigenvalue weighted by Crippen LogP contribution is -2.30. The fourth-order valence-electron chi connectivity index (χ4n) is 3.55. The number of nitrogens with zero attached hydrogens (tertiary/aromatic N) is 2. The molecule has 0 saturated carbocycles. The molecule has 130 valence electrons. The Hall–Kier alpha value is -2.65. The first-order chi connectivity index (χ1) is 12.6. The molecular weight excluding hydrogens is 344 g/mol. The Morgan fingerprint density at radius 3 is 2.62 bits per heavy atom. The van der Waals surface area contributed by atoms with Crippen LogP contribution >= 0.6 is 11.6 Å². The number of hydrogen-bond acceptors (Lipinski definition) is 2. The van der Waals surface area contributed by atoms with Crippen molar-refractivity contribution in [3.8, 4) is 11.1 Å². The van der Waals surface area contributed by atoms with Crippen LogP contribution in [0.25, 0.3) is 11.1 Å². The number of benzene rings is 2. The van der Waals surface area contributed by atoms with E-state index >= 15 is 0 Å². The van der Waals surface area contributed by atoms with E-state index in [2.05, 4.69) is 29.2 Å². The van der Waals surface area contributed by atoms with Gasteiger partial charge in [0.1, 0.15) is 0 Å². The van der Waals surface area contributed by atoms with Crippen LogP contribution in [0.2, 0.25) is 5.02 Å². The molecule has 4 rings (SSSR count). The van der Waals surface area contributed by atoms with Gasteiger partial charge in [-0.1, -0.05) is 35.9 Å². The SMILES string of the molecule is CC(=O)N1Cc2ccc(-c3cccnc3)cc2CCc2cc(Cl)ccc21. The average Bonchev–Trinajstić information content (AvgIpc) is 2.64. The van der Waals surface area contributed by atoms with Crippen LogP contribution in [-0.2, 0) is 24.2 Å². The number of rotatable bonds is 1. The molecule has 0 unspecified atom stereocenters. The predicted molar refractivity (Wildman–Crippen MR) is 105 cm³/mol. The normalized spacial score (nSPS) is 13.4. The summed E-state index contributed by atoms with van der Waals surface area (Å²) in [5.41, 5.74) is 6.79. The number of carbonyl (C=O) groups excluding carboxylic acids is 1. The standard InChI is InChI=1S/C22H19ClN2O/c1-15(26)25-14-20-7-5-16(19-3-2-10-24-13-19)11-17(20)4-6-18-12-21(23)8-9-22(18)25/h2-3,5,7-13H,4,6,14H2,1H3. The predicted octanol–water partition coefficient (Wildman–Crippen LogP) is 5.05. The van der Waals surface area contributed by atoms with Gasteiger partial charge in [-0.3, -0.25) is 9.78 Å². The first-order valence-electron chi connectivity index (χ1n) is 8.70. The molecule has 0 atom stereocenters. The van der Waals surface area contributed by atoms with Crippen molar-refractivity contribution >= 4 is 23.2 Å². The van der Waals surface area contributed by atoms with Crippen molar-refractivity contribution in [1.82, 2.24) is 4.98 Å². The lowest BCUT2D eigenvalue weighted by atomic mass is 9.92. The highest BCUT2D eigenvalue weighted by Crippen LogP contribution is 2.32. The van der Waals surface area contributed by atoms with Crippen molar-refractivity contribution in [3.05, 3.63) is 82.6 Å². The maximum atomic E-state index is 12.3. The average molecular weight is 363 g/mol. The molecule has 0 fully saturated rings. The summed E-state index contributed by atoms with van der Waals surface area (Å²) < 4.78 is 0. The number of carbonyl (C=O) groups is 1. The number of amides is 1. The molecule has 1 amide bonds. The Balaban J connectivity index is 1.77. The highest BCUT2D eigenvalue weighted by molar-refractivity contribution is 6.30. The van der Waals surface area contributed by atoms with Crippen LogP contribution in [0.1, 0.15) is 23.6 Å². The summed E-state index contributed by atoms with van der Waals surface area (Å²) in [6, 6.07) is 16.3. The van der Waals surface area contributed by atoms with Gasteiger partial charge in [0, 0.05) is 30.0 Å². The molecule has 26 heavy (non-hydrogen) atoms. The topological polar surface area (TPSA) is 33.2 Å². The van der Waals surface area contributed by atoms with Crippen molar-refractivity contribution in [2.24, 2.45) is 0 Å². The van der Waals surface area contributed by atoms with Gasteiger partial charge >= 0.3 is 0 Å². The summed E-state index contributed by atoms with van der Waals surface area (Å²) in [5, 5.41) is 0.706. The van der Waals surface area contributed by atoms with E-state index < -0.39 is 0 Å². The lowest BCUT2D eigenvalue weighted by molar-refractivity contribution is -0.116. The highest BCUT2D eigenvalue weighted by atomic mass is 35.5. The smallest absolute Gasteiger partial charge is 0.224 e. The molecule has 1 aliphatic rings. The fraction of sp³-hybridized carbons (Fsp3) is 0.182. The van der Waals surface area contributed by atoms with Gasteiger partial charge in [-0.2, -0.15) is 0 Å². The molecule has 0 radical (unpaired) electrons. The maximum Gasteiger partial charge on any atom is 0.224 e. The van der Waals surface area contributed by atoms with Crippen molar-refractivity contribution in [2.45, 2.75) is 26.3 Å². The van der Waals surface area contributed by atoms with Gasteiger partial charge in [-0.05, 0) is 64.9 Å². The molecule has 0 aliphatic carbocycles. The molecule has 4 heteroatoms. The summed E-state index contributed by atoms with van der Waals surface area (Å²) in [7, 11) is 0. The van der Waals surface area contributed by atoms with E-state index in [0.29, 0.717) is 11.6 Å². The van der Waals surface area contributed by atoms with Gasteiger partial charge in [-0.25, -0.2) is 0 Å². The van der Waals surface area contributed by atoms with E-state index in [1.807, 2.05) is 35.4 Å². The van der Waals surface area contributed by atoms with Crippen LogP contribution in [0.3, 0.4) is 0 Å². The van der Waals surface area contributed by atoms with E-state index in [9.17, 15) is 4.79 Å². The number of halogens is 1. The minimum atomic E-state index is 0.0396. The third-order valence-electron chi connectivity index (χ3n) is 4.91. The molecule has 1 aliphatic heterocycles. The first kappa shape index (κ1) is 16.8. The van der Waals surface area contributed by atoms with Crippen LogP contribution in [0.5, 0.6) is 0 Å². The summed E-state index contributed by atoms with van der Waals surface area (Å²) in [6.45, 7) is 2.19. The second-order valence-electron chi connectivity index (χ2n) is 6.60. The quantitative estimate of drug-likeness (QED) is 0.606. The summed E-state index contributed by atoms with van der Waals surface area (Å²) in [6.07, 6.45) is 5.43. The Labute approximate surface area is 158 Å². The van der Waals surface area contributed by atoms with Crippen molar-refractivity contribution in [2.75, 3.05) is 4.90 Å². The summed E-state index contributed by atoms with van der Waals surface area (Å²) in [4.78, 5) is 18.3. The molecule has 2 heterocycles. The van der Waals surface area contributed by atoms with E-state index in [1.165, 1.54) is 11.1 Å². The van der Waals surface area contributed by atoms with Gasteiger partial charge in [0.25, 0.3) is 0 Å². The second-order valence-corrected chi connectivity index (χ2v) is 7.04. The largest absolute Gasteiger partial charge is 0.308 e. The van der Waals surface area contributed by atoms with Crippen molar-refractivity contribution in [3.63, 3.8) is 0 Å². The van der Waals surface area contributed by atoms with Crippen LogP contribution in [-0.4, -0.2) is 10.9 Å². The summed E-state index contributed by atoms with van der Waals surface area (Å²) in [5.74, 6) is 0.0396. The Kier molecular flexibility index (Phi) is 4.48. The molecule has 0 N–H and O–H groups in total. The maximum absolute atomic E-state index is 12.3. The number of aryl methyl sites for hydroxylation is 2. The van der Waals surface area contributed by atoms with Crippen LogP contribution in [0.15, 0.2) is 60.9 Å². The number of pyridine rings is 1. The minimum absolute atomic E-state index is 0.0396. The van der Waals surface area contributed by atoms with E-state index in [-0.39, 0.29) is 5.91 Å². The van der Waals surface area contributed by atoms with Gasteiger partial charge in [0.2, 0.25) is 5.91 Å². The van der Waals surface area contributed by atoms with Crippen LogP contribution < -0.4 is 4.90 Å². The van der Waals surface area contributed by atoms with Gasteiger partial charge in [0.15, 0.2) is 0 Å². The number of anilines is 1. The molecule has 1 aromatic heterocycles. The first-order valence-corrected chi connectivity index (χ1v) is 9.08. The zero-order chi connectivity index (χ0) is 18.1. The van der Waals surface area contributed by atoms with Gasteiger partial charge in [0.05, 0.1) is 6.54 Å². The lowest BCUT2D eigenvalue weighted by Gasteiger charge is -2.28. The van der Waals surface area contributed by atoms with Crippen molar-refractivity contribution in [1.29, 1.82) is 0 Å². The van der Waals surface area contributed by atoms with Gasteiger partial charge in [-0.15, -0.1) is 0 Å². The minimum Gasteiger partial charge on any atom is -0.308 e. The fourth-order valence-corrected chi connectivity index (χ4v) is 3.74. The summed E-state index contributed by atoms with van der Waals surface area (Å²) >= 11 is 6.19. The number of hydrogen-bond donors (Lipinski definition) is 0. The molecule has 0 saturated heterocycles. The Morgan fingerprint density at radius 1 is 1.00 bits per heavy atom. The van der Waals surface area contributed by atoms with Gasteiger partial charge < -0.3 is 4.90 Å². The second kappa shape index (κ2) is 6.93. The molecule has 2 aromatic carbocycles. The van der Waals surface area contributed by atoms with E-state index in [1.54, 1.807) is 13.1 Å². The number of aromatic nitrogens is 1. The van der Waals surface area contributed by atoms with Crippen LogP contribution in [0, 0.1) is 0 Å². The Bertz CT molecular complexity index is 969. The number of fused-ring (bicyclic) bond motifs is 2. The molecule has 3 nitrogen and oxygen atoms in total. The highest BCUT2D eigenvalue weighted by Gasteiger charge is 2.21. The molecule has 0 bridgehead atoms. The Morgan fingerprint density at radius 2 is 1.85 bits per heavy atom.